The Morgan fingerprint density at radius 1 is 0.356 bits per heavy atom. The first kappa shape index (κ1) is 23.4. The monoisotopic (exact) mass is 572 g/mol. The van der Waals surface area contributed by atoms with Crippen LogP contribution in [0.5, 0.6) is 0 Å². The second-order valence-corrected chi connectivity index (χ2v) is 12.1. The van der Waals surface area contributed by atoms with Crippen LogP contribution in [-0.2, 0) is 0 Å². The summed E-state index contributed by atoms with van der Waals surface area (Å²) >= 11 is 0. The van der Waals surface area contributed by atoms with E-state index in [4.69, 9.17) is 4.42 Å². The van der Waals surface area contributed by atoms with Crippen LogP contribution >= 0.6 is 0 Å². The van der Waals surface area contributed by atoms with Gasteiger partial charge in [0.05, 0.1) is 11.0 Å². The van der Waals surface area contributed by atoms with Crippen LogP contribution in [0, 0.1) is 0 Å². The number of hydrogen-bond acceptors (Lipinski definition) is 2. The van der Waals surface area contributed by atoms with E-state index in [-0.39, 0.29) is 0 Å². The SMILES string of the molecule is c1ccc(N(c2ccccc2)c2ccc(-n3c4ccc5ccc6ccc7ccc8oc9ccc3c3c9c8c7c6c5c34)cc2)cc1. The van der Waals surface area contributed by atoms with Crippen molar-refractivity contribution in [3.8, 4) is 5.69 Å². The standard InChI is InChI=1S/C42H24N2O/c1-3-7-28(8-4-1)43(29-9-5-2-6-10-29)30-17-19-31(20-18-30)44-32-21-15-26-13-11-25-12-14-27-16-23-34-41-38(27)36(25)37(26)39(32)40-33(44)22-24-35(45-34)42(40)41/h1-24H. The van der Waals surface area contributed by atoms with Crippen molar-refractivity contribution in [2.45, 2.75) is 0 Å². The summed E-state index contributed by atoms with van der Waals surface area (Å²) in [6.07, 6.45) is 0. The molecule has 0 radical (unpaired) electrons. The average Bonchev–Trinajstić information content (AvgIpc) is 3.60. The van der Waals surface area contributed by atoms with E-state index < -0.39 is 0 Å². The molecular formula is C42H24N2O. The third-order valence-corrected chi connectivity index (χ3v) is 9.83. The van der Waals surface area contributed by atoms with Gasteiger partial charge in [0, 0.05) is 55.1 Å². The van der Waals surface area contributed by atoms with Gasteiger partial charge in [-0.2, -0.15) is 0 Å². The molecule has 0 saturated carbocycles. The maximum Gasteiger partial charge on any atom is 0.136 e. The Bertz CT molecular complexity index is 2800. The lowest BCUT2D eigenvalue weighted by Crippen LogP contribution is -2.09. The number of anilines is 3. The number of aromatic nitrogens is 1. The van der Waals surface area contributed by atoms with Gasteiger partial charge in [0.1, 0.15) is 11.2 Å². The Labute approximate surface area is 257 Å². The van der Waals surface area contributed by atoms with Crippen molar-refractivity contribution in [3.63, 3.8) is 0 Å². The number of para-hydroxylation sites is 2. The van der Waals surface area contributed by atoms with Crippen molar-refractivity contribution in [2.24, 2.45) is 0 Å². The Hall–Kier alpha value is -6.06. The zero-order valence-electron chi connectivity index (χ0n) is 24.2. The van der Waals surface area contributed by atoms with Gasteiger partial charge < -0.3 is 13.9 Å². The summed E-state index contributed by atoms with van der Waals surface area (Å²) in [5.41, 5.74) is 8.83. The third-order valence-electron chi connectivity index (χ3n) is 9.83. The topological polar surface area (TPSA) is 21.3 Å². The van der Waals surface area contributed by atoms with Gasteiger partial charge in [0.15, 0.2) is 0 Å². The predicted molar refractivity (Wildman–Crippen MR) is 189 cm³/mol. The number of hydrogen-bond donors (Lipinski definition) is 0. The Kier molecular flexibility index (Phi) is 4.32. The van der Waals surface area contributed by atoms with E-state index in [1.807, 2.05) is 0 Å². The molecule has 0 aliphatic carbocycles. The normalized spacial score (nSPS) is 12.4. The third kappa shape index (κ3) is 2.95. The number of furan rings is 1. The van der Waals surface area contributed by atoms with Crippen LogP contribution in [0.3, 0.4) is 0 Å². The molecular weight excluding hydrogens is 548 g/mol. The summed E-state index contributed by atoms with van der Waals surface area (Å²) < 4.78 is 8.98. The molecule has 0 aliphatic rings. The lowest BCUT2D eigenvalue weighted by Gasteiger charge is -2.25. The smallest absolute Gasteiger partial charge is 0.136 e. The molecule has 0 atom stereocenters. The van der Waals surface area contributed by atoms with Crippen LogP contribution in [-0.4, -0.2) is 4.57 Å². The Morgan fingerprint density at radius 2 is 0.778 bits per heavy atom. The van der Waals surface area contributed by atoms with Crippen LogP contribution in [0.4, 0.5) is 17.1 Å². The molecule has 45 heavy (non-hydrogen) atoms. The van der Waals surface area contributed by atoms with Crippen molar-refractivity contribution < 1.29 is 4.42 Å². The van der Waals surface area contributed by atoms with Crippen LogP contribution in [0.2, 0.25) is 0 Å². The molecule has 0 spiro atoms. The lowest BCUT2D eigenvalue weighted by atomic mass is 9.94. The number of rotatable bonds is 4. The highest BCUT2D eigenvalue weighted by molar-refractivity contribution is 6.44. The molecule has 2 aromatic heterocycles. The molecule has 0 unspecified atom stereocenters. The van der Waals surface area contributed by atoms with Crippen LogP contribution in [0.1, 0.15) is 0 Å². The predicted octanol–water partition coefficient (Wildman–Crippen LogP) is 11.9. The molecule has 3 nitrogen and oxygen atoms in total. The molecule has 2 heterocycles. The van der Waals surface area contributed by atoms with Crippen LogP contribution in [0.15, 0.2) is 150 Å². The molecule has 0 amide bonds. The van der Waals surface area contributed by atoms with E-state index in [1.165, 1.54) is 64.9 Å². The molecule has 3 heteroatoms. The van der Waals surface area contributed by atoms with Gasteiger partial charge in [0.2, 0.25) is 0 Å². The number of benzene rings is 8. The zero-order chi connectivity index (χ0) is 29.2. The van der Waals surface area contributed by atoms with Crippen LogP contribution < -0.4 is 4.90 Å². The van der Waals surface area contributed by atoms with Crippen molar-refractivity contribution in [1.82, 2.24) is 4.57 Å². The quantitative estimate of drug-likeness (QED) is 0.196. The van der Waals surface area contributed by atoms with Crippen LogP contribution in [0.25, 0.3) is 81.7 Å². The van der Waals surface area contributed by atoms with Gasteiger partial charge in [-0.05, 0) is 94.3 Å². The Balaban J connectivity index is 1.23. The molecule has 0 fully saturated rings. The first-order chi connectivity index (χ1) is 22.3. The van der Waals surface area contributed by atoms with E-state index >= 15 is 0 Å². The molecule has 0 saturated heterocycles. The average molecular weight is 573 g/mol. The lowest BCUT2D eigenvalue weighted by molar-refractivity contribution is 0.669. The van der Waals surface area contributed by atoms with E-state index in [0.717, 1.165) is 33.9 Å². The largest absolute Gasteiger partial charge is 0.456 e. The molecule has 208 valence electrons. The second-order valence-electron chi connectivity index (χ2n) is 12.1. The van der Waals surface area contributed by atoms with E-state index in [1.54, 1.807) is 0 Å². The van der Waals surface area contributed by atoms with Gasteiger partial charge in [-0.25, -0.2) is 0 Å². The highest BCUT2D eigenvalue weighted by Crippen LogP contribution is 2.51. The van der Waals surface area contributed by atoms with Gasteiger partial charge in [0.25, 0.3) is 0 Å². The first-order valence-electron chi connectivity index (χ1n) is 15.4. The minimum absolute atomic E-state index is 0.947. The summed E-state index contributed by atoms with van der Waals surface area (Å²) in [7, 11) is 0. The highest BCUT2D eigenvalue weighted by atomic mass is 16.3. The molecule has 0 aliphatic heterocycles. The summed E-state index contributed by atoms with van der Waals surface area (Å²) in [5, 5.41) is 12.8. The highest BCUT2D eigenvalue weighted by Gasteiger charge is 2.26. The summed E-state index contributed by atoms with van der Waals surface area (Å²) in [6.45, 7) is 0. The van der Waals surface area contributed by atoms with Gasteiger partial charge in [-0.3, -0.25) is 0 Å². The molecule has 9 aromatic carbocycles. The van der Waals surface area contributed by atoms with Gasteiger partial charge >= 0.3 is 0 Å². The van der Waals surface area contributed by atoms with E-state index in [0.29, 0.717) is 0 Å². The van der Waals surface area contributed by atoms with Crippen molar-refractivity contribution in [3.05, 3.63) is 146 Å². The van der Waals surface area contributed by atoms with Crippen molar-refractivity contribution in [2.75, 3.05) is 4.90 Å². The first-order valence-corrected chi connectivity index (χ1v) is 15.4. The summed E-state index contributed by atoms with van der Waals surface area (Å²) in [5.74, 6) is 0. The van der Waals surface area contributed by atoms with Crippen molar-refractivity contribution >= 4 is 93.1 Å². The van der Waals surface area contributed by atoms with E-state index in [9.17, 15) is 0 Å². The fraction of sp³-hybridized carbons (Fsp3) is 0. The molecule has 0 N–H and O–H groups in total. The second kappa shape index (κ2) is 8.31. The number of nitrogens with zero attached hydrogens (tertiary/aromatic N) is 2. The maximum atomic E-state index is 6.54. The van der Waals surface area contributed by atoms with E-state index in [2.05, 4.69) is 155 Å². The molecule has 11 aromatic rings. The summed E-state index contributed by atoms with van der Waals surface area (Å²) in [6, 6.07) is 52.6. The maximum absolute atomic E-state index is 6.54. The minimum Gasteiger partial charge on any atom is -0.456 e. The molecule has 11 rings (SSSR count). The minimum atomic E-state index is 0.947. The van der Waals surface area contributed by atoms with Gasteiger partial charge in [-0.15, -0.1) is 0 Å². The fourth-order valence-electron chi connectivity index (χ4n) is 8.02. The summed E-state index contributed by atoms with van der Waals surface area (Å²) in [4.78, 5) is 2.31. The Morgan fingerprint density at radius 3 is 1.40 bits per heavy atom. The fourth-order valence-corrected chi connectivity index (χ4v) is 8.02. The van der Waals surface area contributed by atoms with Gasteiger partial charge in [-0.1, -0.05) is 72.8 Å². The van der Waals surface area contributed by atoms with Crippen molar-refractivity contribution in [1.29, 1.82) is 0 Å². The molecule has 0 bridgehead atoms. The zero-order valence-corrected chi connectivity index (χ0v) is 24.2.